The van der Waals surface area contributed by atoms with Crippen LogP contribution in [0.15, 0.2) is 36.4 Å². The zero-order valence-corrected chi connectivity index (χ0v) is 12.9. The number of ether oxygens (including phenoxy) is 1. The summed E-state index contributed by atoms with van der Waals surface area (Å²) in [5.41, 5.74) is 4.43. The van der Waals surface area contributed by atoms with Gasteiger partial charge in [0.2, 0.25) is 0 Å². The summed E-state index contributed by atoms with van der Waals surface area (Å²) in [7, 11) is 3.68. The maximum Gasteiger partial charge on any atom is 0.140 e. The number of hydrogen-bond acceptors (Lipinski definition) is 5. The van der Waals surface area contributed by atoms with Gasteiger partial charge in [-0.15, -0.1) is 0 Å². The summed E-state index contributed by atoms with van der Waals surface area (Å²) in [4.78, 5) is 6.49. The fourth-order valence-corrected chi connectivity index (χ4v) is 2.28. The number of benzene rings is 1. The molecule has 5 nitrogen and oxygen atoms in total. The number of aromatic nitrogens is 1. The van der Waals surface area contributed by atoms with Crippen molar-refractivity contribution in [3.8, 4) is 5.75 Å². The van der Waals surface area contributed by atoms with Gasteiger partial charge in [0.1, 0.15) is 11.6 Å². The van der Waals surface area contributed by atoms with Crippen molar-refractivity contribution >= 4 is 17.4 Å². The van der Waals surface area contributed by atoms with Gasteiger partial charge in [0.05, 0.1) is 17.8 Å². The predicted molar refractivity (Wildman–Crippen MR) is 85.2 cm³/mol. The van der Waals surface area contributed by atoms with Crippen molar-refractivity contribution in [2.24, 2.45) is 5.84 Å². The number of nitrogens with zero attached hydrogens (tertiary/aromatic N) is 2. The van der Waals surface area contributed by atoms with Crippen LogP contribution in [0.4, 0.5) is 5.82 Å². The van der Waals surface area contributed by atoms with E-state index >= 15 is 0 Å². The molecule has 0 aliphatic heterocycles. The molecule has 0 bridgehead atoms. The van der Waals surface area contributed by atoms with Crippen LogP contribution in [0.5, 0.6) is 5.75 Å². The third-order valence-electron chi connectivity index (χ3n) is 3.12. The van der Waals surface area contributed by atoms with Gasteiger partial charge in [-0.3, -0.25) is 4.90 Å². The largest absolute Gasteiger partial charge is 0.496 e. The Morgan fingerprint density at radius 3 is 2.71 bits per heavy atom. The highest BCUT2D eigenvalue weighted by Gasteiger charge is 2.10. The predicted octanol–water partition coefficient (Wildman–Crippen LogP) is 2.66. The second-order valence-corrected chi connectivity index (χ2v) is 5.16. The Labute approximate surface area is 129 Å². The van der Waals surface area contributed by atoms with Crippen molar-refractivity contribution in [3.05, 3.63) is 52.7 Å². The van der Waals surface area contributed by atoms with Crippen LogP contribution in [-0.4, -0.2) is 24.0 Å². The van der Waals surface area contributed by atoms with Crippen molar-refractivity contribution in [2.75, 3.05) is 19.6 Å². The maximum absolute atomic E-state index is 6.18. The molecule has 0 saturated heterocycles. The lowest BCUT2D eigenvalue weighted by molar-refractivity contribution is 0.307. The fourth-order valence-electron chi connectivity index (χ4n) is 2.11. The Hall–Kier alpha value is -1.82. The topological polar surface area (TPSA) is 63.4 Å². The molecule has 0 aliphatic rings. The summed E-state index contributed by atoms with van der Waals surface area (Å²) in [6.45, 7) is 1.36. The molecule has 1 heterocycles. The number of hydrazine groups is 1. The third-order valence-corrected chi connectivity index (χ3v) is 3.46. The van der Waals surface area contributed by atoms with Crippen LogP contribution in [0, 0.1) is 0 Å². The van der Waals surface area contributed by atoms with E-state index in [9.17, 15) is 0 Å². The van der Waals surface area contributed by atoms with E-state index < -0.39 is 0 Å². The number of anilines is 1. The Balaban J connectivity index is 2.09. The fraction of sp³-hybridized carbons (Fsp3) is 0.267. The molecule has 3 N–H and O–H groups in total. The summed E-state index contributed by atoms with van der Waals surface area (Å²) in [6, 6.07) is 11.5. The number of methoxy groups -OCH3 is 1. The van der Waals surface area contributed by atoms with E-state index in [-0.39, 0.29) is 0 Å². The van der Waals surface area contributed by atoms with Gasteiger partial charge in [-0.1, -0.05) is 29.8 Å². The molecule has 6 heteroatoms. The Morgan fingerprint density at radius 1 is 1.24 bits per heavy atom. The van der Waals surface area contributed by atoms with Gasteiger partial charge >= 0.3 is 0 Å². The van der Waals surface area contributed by atoms with Crippen LogP contribution in [0.2, 0.25) is 5.02 Å². The molecule has 1 aromatic carbocycles. The van der Waals surface area contributed by atoms with Crippen LogP contribution >= 0.6 is 11.6 Å². The minimum absolute atomic E-state index is 0.597. The van der Waals surface area contributed by atoms with Gasteiger partial charge in [-0.05, 0) is 25.2 Å². The van der Waals surface area contributed by atoms with Gasteiger partial charge < -0.3 is 10.2 Å². The molecule has 0 unspecified atom stereocenters. The Morgan fingerprint density at radius 2 is 2.00 bits per heavy atom. The van der Waals surface area contributed by atoms with Gasteiger partial charge in [0, 0.05) is 18.7 Å². The van der Waals surface area contributed by atoms with E-state index in [0.29, 0.717) is 17.4 Å². The summed E-state index contributed by atoms with van der Waals surface area (Å²) in [5, 5.41) is 0.626. The molecular weight excluding hydrogens is 288 g/mol. The Kier molecular flexibility index (Phi) is 5.38. The first kappa shape index (κ1) is 15.6. The first-order valence-corrected chi connectivity index (χ1v) is 6.94. The van der Waals surface area contributed by atoms with E-state index in [1.165, 1.54) is 0 Å². The van der Waals surface area contributed by atoms with Gasteiger partial charge in [-0.2, -0.15) is 0 Å². The molecule has 2 aromatic rings. The number of para-hydroxylation sites is 1. The standard InChI is InChI=1S/C15H19ClN4O/c1-20(9-11-5-3-4-6-14(11)21-2)10-13-12(16)7-8-15(18-13)19-17/h3-8H,9-10,17H2,1-2H3,(H,18,19). The maximum atomic E-state index is 6.18. The monoisotopic (exact) mass is 306 g/mol. The highest BCUT2D eigenvalue weighted by molar-refractivity contribution is 6.31. The minimum atomic E-state index is 0.597. The zero-order valence-electron chi connectivity index (χ0n) is 12.1. The number of nitrogen functional groups attached to an aromatic ring is 1. The van der Waals surface area contributed by atoms with E-state index in [1.54, 1.807) is 19.2 Å². The van der Waals surface area contributed by atoms with E-state index in [2.05, 4.69) is 15.3 Å². The van der Waals surface area contributed by atoms with Crippen molar-refractivity contribution in [1.29, 1.82) is 0 Å². The molecule has 0 aliphatic carbocycles. The molecule has 0 radical (unpaired) electrons. The molecular formula is C15H19ClN4O. The highest BCUT2D eigenvalue weighted by atomic mass is 35.5. The lowest BCUT2D eigenvalue weighted by Crippen LogP contribution is -2.19. The first-order valence-electron chi connectivity index (χ1n) is 6.56. The molecule has 21 heavy (non-hydrogen) atoms. The molecule has 0 amide bonds. The summed E-state index contributed by atoms with van der Waals surface area (Å²) in [5.74, 6) is 6.85. The van der Waals surface area contributed by atoms with E-state index in [1.807, 2.05) is 31.3 Å². The zero-order chi connectivity index (χ0) is 15.2. The molecule has 1 aromatic heterocycles. The van der Waals surface area contributed by atoms with Gasteiger partial charge in [0.15, 0.2) is 0 Å². The van der Waals surface area contributed by atoms with E-state index in [0.717, 1.165) is 23.6 Å². The molecule has 0 atom stereocenters. The van der Waals surface area contributed by atoms with Crippen molar-refractivity contribution in [3.63, 3.8) is 0 Å². The van der Waals surface area contributed by atoms with Crippen LogP contribution in [0.3, 0.4) is 0 Å². The number of rotatable bonds is 6. The second kappa shape index (κ2) is 7.26. The lowest BCUT2D eigenvalue weighted by atomic mass is 10.2. The summed E-state index contributed by atoms with van der Waals surface area (Å²) < 4.78 is 5.36. The lowest BCUT2D eigenvalue weighted by Gasteiger charge is -2.19. The second-order valence-electron chi connectivity index (χ2n) is 4.75. The average Bonchev–Trinajstić information content (AvgIpc) is 2.50. The molecule has 112 valence electrons. The molecule has 0 saturated carbocycles. The van der Waals surface area contributed by atoms with E-state index in [4.69, 9.17) is 22.2 Å². The Bertz CT molecular complexity index is 606. The van der Waals surface area contributed by atoms with Crippen LogP contribution in [0.25, 0.3) is 0 Å². The average molecular weight is 307 g/mol. The highest BCUT2D eigenvalue weighted by Crippen LogP contribution is 2.21. The number of nitrogens with one attached hydrogen (secondary N) is 1. The first-order chi connectivity index (χ1) is 10.1. The normalized spacial score (nSPS) is 10.7. The molecule has 0 spiro atoms. The number of hydrogen-bond donors (Lipinski definition) is 2. The van der Waals surface area contributed by atoms with Crippen molar-refractivity contribution in [1.82, 2.24) is 9.88 Å². The SMILES string of the molecule is COc1ccccc1CN(C)Cc1nc(NN)ccc1Cl. The molecule has 0 fully saturated rings. The third kappa shape index (κ3) is 4.07. The van der Waals surface area contributed by atoms with Crippen molar-refractivity contribution < 1.29 is 4.74 Å². The quantitative estimate of drug-likeness (QED) is 0.634. The number of halogens is 1. The van der Waals surface area contributed by atoms with Crippen molar-refractivity contribution in [2.45, 2.75) is 13.1 Å². The van der Waals surface area contributed by atoms with Crippen LogP contribution in [-0.2, 0) is 13.1 Å². The minimum Gasteiger partial charge on any atom is -0.496 e. The van der Waals surface area contributed by atoms with Gasteiger partial charge in [-0.25, -0.2) is 10.8 Å². The number of nitrogens with two attached hydrogens (primary N) is 1. The van der Waals surface area contributed by atoms with Gasteiger partial charge in [0.25, 0.3) is 0 Å². The van der Waals surface area contributed by atoms with Crippen LogP contribution in [0.1, 0.15) is 11.3 Å². The molecule has 2 rings (SSSR count). The number of pyridine rings is 1. The van der Waals surface area contributed by atoms with Crippen LogP contribution < -0.4 is 16.0 Å². The summed E-state index contributed by atoms with van der Waals surface area (Å²) >= 11 is 6.18. The summed E-state index contributed by atoms with van der Waals surface area (Å²) in [6.07, 6.45) is 0. The smallest absolute Gasteiger partial charge is 0.140 e.